The van der Waals surface area contributed by atoms with Gasteiger partial charge in [0, 0.05) is 19.1 Å². The van der Waals surface area contributed by atoms with Gasteiger partial charge in [-0.2, -0.15) is 5.26 Å². The van der Waals surface area contributed by atoms with E-state index >= 15 is 0 Å². The molecule has 0 spiro atoms. The van der Waals surface area contributed by atoms with Gasteiger partial charge in [0.2, 0.25) is 0 Å². The Morgan fingerprint density at radius 3 is 2.68 bits per heavy atom. The van der Waals surface area contributed by atoms with E-state index in [9.17, 15) is 0 Å². The monoisotopic (exact) mass is 263 g/mol. The Hall–Kier alpha value is -0.590. The molecule has 1 aliphatic carbocycles. The second-order valence-electron chi connectivity index (χ2n) is 6.97. The highest BCUT2D eigenvalue weighted by Crippen LogP contribution is 2.37. The normalized spacial score (nSPS) is 28.5. The Kier molecular flexibility index (Phi) is 5.66. The lowest BCUT2D eigenvalue weighted by molar-refractivity contribution is 0.145. The van der Waals surface area contributed by atoms with Crippen molar-refractivity contribution in [3.05, 3.63) is 0 Å². The van der Waals surface area contributed by atoms with Crippen LogP contribution in [0.3, 0.4) is 0 Å². The lowest BCUT2D eigenvalue weighted by Crippen LogP contribution is -2.49. The zero-order chi connectivity index (χ0) is 13.7. The molecular weight excluding hydrogens is 234 g/mol. The van der Waals surface area contributed by atoms with Crippen LogP contribution in [0.1, 0.15) is 46.0 Å². The van der Waals surface area contributed by atoms with E-state index in [-0.39, 0.29) is 0 Å². The van der Waals surface area contributed by atoms with E-state index in [1.54, 1.807) is 0 Å². The van der Waals surface area contributed by atoms with Crippen LogP contribution in [-0.2, 0) is 0 Å². The summed E-state index contributed by atoms with van der Waals surface area (Å²) >= 11 is 0. The largest absolute Gasteiger partial charge is 0.313 e. The Labute approximate surface area is 118 Å². The Bertz CT molecular complexity index is 304. The van der Waals surface area contributed by atoms with E-state index in [0.29, 0.717) is 12.6 Å². The molecule has 3 nitrogen and oxygen atoms in total. The summed E-state index contributed by atoms with van der Waals surface area (Å²) in [7, 11) is 0. The summed E-state index contributed by atoms with van der Waals surface area (Å²) in [5.74, 6) is 2.59. The number of nitriles is 1. The molecule has 1 heterocycles. The SMILES string of the molecule is CC(C)CCNC1CC(CC2CC2)CN(CC#N)C1. The molecule has 2 aliphatic rings. The molecule has 0 aromatic heterocycles. The third-order valence-corrected chi connectivity index (χ3v) is 4.43. The van der Waals surface area contributed by atoms with Crippen molar-refractivity contribution < 1.29 is 0 Å². The van der Waals surface area contributed by atoms with Gasteiger partial charge in [-0.15, -0.1) is 0 Å². The van der Waals surface area contributed by atoms with Crippen molar-refractivity contribution in [2.75, 3.05) is 26.2 Å². The van der Waals surface area contributed by atoms with Gasteiger partial charge in [0.05, 0.1) is 12.6 Å². The zero-order valence-electron chi connectivity index (χ0n) is 12.6. The summed E-state index contributed by atoms with van der Waals surface area (Å²) < 4.78 is 0. The van der Waals surface area contributed by atoms with Crippen molar-refractivity contribution >= 4 is 0 Å². The van der Waals surface area contributed by atoms with Gasteiger partial charge < -0.3 is 5.32 Å². The average Bonchev–Trinajstić information content (AvgIpc) is 3.12. The summed E-state index contributed by atoms with van der Waals surface area (Å²) in [6.45, 7) is 8.49. The second kappa shape index (κ2) is 7.26. The number of likely N-dealkylation sites (tertiary alicyclic amines) is 1. The van der Waals surface area contributed by atoms with Crippen LogP contribution in [0.25, 0.3) is 0 Å². The number of nitrogens with zero attached hydrogens (tertiary/aromatic N) is 2. The van der Waals surface area contributed by atoms with Crippen LogP contribution >= 0.6 is 0 Å². The first kappa shape index (κ1) is 14.8. The minimum Gasteiger partial charge on any atom is -0.313 e. The van der Waals surface area contributed by atoms with Crippen molar-refractivity contribution in [3.8, 4) is 6.07 Å². The number of hydrogen-bond donors (Lipinski definition) is 1. The summed E-state index contributed by atoms with van der Waals surface area (Å²) in [6, 6.07) is 2.92. The minimum absolute atomic E-state index is 0.601. The molecule has 0 aromatic rings. The number of rotatable bonds is 7. The molecule has 0 aromatic carbocycles. The molecule has 0 bridgehead atoms. The van der Waals surface area contributed by atoms with E-state index in [1.165, 1.54) is 32.1 Å². The molecule has 3 heteroatoms. The van der Waals surface area contributed by atoms with Crippen LogP contribution in [-0.4, -0.2) is 37.1 Å². The zero-order valence-corrected chi connectivity index (χ0v) is 12.6. The first-order valence-corrected chi connectivity index (χ1v) is 8.00. The molecule has 2 unspecified atom stereocenters. The Balaban J connectivity index is 1.77. The average molecular weight is 263 g/mol. The van der Waals surface area contributed by atoms with Crippen molar-refractivity contribution in [1.82, 2.24) is 10.2 Å². The van der Waals surface area contributed by atoms with Gasteiger partial charge in [-0.25, -0.2) is 0 Å². The Morgan fingerprint density at radius 2 is 2.05 bits per heavy atom. The first-order chi connectivity index (χ1) is 9.17. The third-order valence-electron chi connectivity index (χ3n) is 4.43. The molecule has 0 amide bonds. The van der Waals surface area contributed by atoms with Crippen LogP contribution < -0.4 is 5.32 Å². The quantitative estimate of drug-likeness (QED) is 0.718. The minimum atomic E-state index is 0.601. The lowest BCUT2D eigenvalue weighted by atomic mass is 9.89. The summed E-state index contributed by atoms with van der Waals surface area (Å²) in [4.78, 5) is 2.35. The molecule has 108 valence electrons. The maximum Gasteiger partial charge on any atom is 0.0866 e. The highest BCUT2D eigenvalue weighted by Gasteiger charge is 2.31. The van der Waals surface area contributed by atoms with Crippen LogP contribution in [0, 0.1) is 29.1 Å². The number of hydrogen-bond acceptors (Lipinski definition) is 3. The van der Waals surface area contributed by atoms with Crippen LogP contribution in [0.15, 0.2) is 0 Å². The van der Waals surface area contributed by atoms with Crippen LogP contribution in [0.4, 0.5) is 0 Å². The molecule has 0 radical (unpaired) electrons. The predicted molar refractivity (Wildman–Crippen MR) is 78.7 cm³/mol. The molecule has 1 aliphatic heterocycles. The van der Waals surface area contributed by atoms with Crippen LogP contribution in [0.2, 0.25) is 0 Å². The van der Waals surface area contributed by atoms with Gasteiger partial charge in [-0.1, -0.05) is 26.7 Å². The third kappa shape index (κ3) is 5.50. The van der Waals surface area contributed by atoms with Crippen molar-refractivity contribution in [1.29, 1.82) is 5.26 Å². The fraction of sp³-hybridized carbons (Fsp3) is 0.938. The van der Waals surface area contributed by atoms with Gasteiger partial charge in [-0.05, 0) is 43.6 Å². The van der Waals surface area contributed by atoms with E-state index in [1.807, 2.05) is 0 Å². The van der Waals surface area contributed by atoms with Crippen molar-refractivity contribution in [2.45, 2.75) is 52.0 Å². The van der Waals surface area contributed by atoms with Gasteiger partial charge in [-0.3, -0.25) is 4.90 Å². The number of nitrogens with one attached hydrogen (secondary N) is 1. The van der Waals surface area contributed by atoms with Crippen molar-refractivity contribution in [3.63, 3.8) is 0 Å². The molecule has 1 saturated carbocycles. The standard InChI is InChI=1S/C16H29N3/c1-13(2)5-7-18-16-10-15(9-14-3-4-14)11-19(12-16)8-6-17/h13-16,18H,3-5,7-12H2,1-2H3. The van der Waals surface area contributed by atoms with Gasteiger partial charge >= 0.3 is 0 Å². The molecule has 19 heavy (non-hydrogen) atoms. The molecule has 2 atom stereocenters. The number of piperidine rings is 1. The highest BCUT2D eigenvalue weighted by atomic mass is 15.2. The maximum absolute atomic E-state index is 8.92. The topological polar surface area (TPSA) is 39.1 Å². The molecular formula is C16H29N3. The lowest BCUT2D eigenvalue weighted by Gasteiger charge is -2.37. The fourth-order valence-electron chi connectivity index (χ4n) is 3.25. The highest BCUT2D eigenvalue weighted by molar-refractivity contribution is 4.90. The first-order valence-electron chi connectivity index (χ1n) is 8.00. The van der Waals surface area contributed by atoms with E-state index in [4.69, 9.17) is 5.26 Å². The second-order valence-corrected chi connectivity index (χ2v) is 6.97. The summed E-state index contributed by atoms with van der Waals surface area (Å²) in [5.41, 5.74) is 0. The maximum atomic E-state index is 8.92. The van der Waals surface area contributed by atoms with Gasteiger partial charge in [0.25, 0.3) is 0 Å². The van der Waals surface area contributed by atoms with Crippen molar-refractivity contribution in [2.24, 2.45) is 17.8 Å². The van der Waals surface area contributed by atoms with Gasteiger partial charge in [0.1, 0.15) is 0 Å². The van der Waals surface area contributed by atoms with Crippen LogP contribution in [0.5, 0.6) is 0 Å². The molecule has 2 rings (SSSR count). The van der Waals surface area contributed by atoms with E-state index < -0.39 is 0 Å². The van der Waals surface area contributed by atoms with E-state index in [2.05, 4.69) is 30.1 Å². The Morgan fingerprint density at radius 1 is 1.26 bits per heavy atom. The summed E-state index contributed by atoms with van der Waals surface area (Å²) in [5, 5.41) is 12.6. The summed E-state index contributed by atoms with van der Waals surface area (Å²) in [6.07, 6.45) is 6.85. The smallest absolute Gasteiger partial charge is 0.0866 e. The molecule has 2 fully saturated rings. The molecule has 1 saturated heterocycles. The van der Waals surface area contributed by atoms with Gasteiger partial charge in [0.15, 0.2) is 0 Å². The predicted octanol–water partition coefficient (Wildman–Crippen LogP) is 2.64. The fourth-order valence-corrected chi connectivity index (χ4v) is 3.25. The van der Waals surface area contributed by atoms with E-state index in [0.717, 1.165) is 37.4 Å². The molecule has 1 N–H and O–H groups in total.